The van der Waals surface area contributed by atoms with E-state index in [2.05, 4.69) is 62.6 Å². The first-order valence-corrected chi connectivity index (χ1v) is 7.36. The van der Waals surface area contributed by atoms with E-state index in [0.717, 1.165) is 24.3 Å². The number of aromatic amines is 1. The topological polar surface area (TPSA) is 49.0 Å². The number of H-pyrrole nitrogens is 1. The standard InChI is InChI=1S/C14H14IN3O/c1-9-6-7-10-4-2-3-5-11(10)18(9)13-12(15)14(19)17-8-16-13/h2-5,8-9H,6-7H2,1H3,(H,16,17,19). The van der Waals surface area contributed by atoms with E-state index in [1.54, 1.807) is 0 Å². The molecular weight excluding hydrogens is 353 g/mol. The van der Waals surface area contributed by atoms with Crippen molar-refractivity contribution >= 4 is 34.1 Å². The number of nitrogens with zero attached hydrogens (tertiary/aromatic N) is 2. The maximum atomic E-state index is 11.8. The Kier molecular flexibility index (Phi) is 3.30. The molecule has 5 heteroatoms. The van der Waals surface area contributed by atoms with Crippen LogP contribution >= 0.6 is 22.6 Å². The van der Waals surface area contributed by atoms with Crippen molar-refractivity contribution in [1.29, 1.82) is 0 Å². The van der Waals surface area contributed by atoms with Crippen molar-refractivity contribution in [2.75, 3.05) is 4.90 Å². The van der Waals surface area contributed by atoms with Gasteiger partial charge in [-0.05, 0) is 54.0 Å². The van der Waals surface area contributed by atoms with Crippen LogP contribution in [0.3, 0.4) is 0 Å². The third-order valence-corrected chi connectivity index (χ3v) is 4.50. The third-order valence-electron chi connectivity index (χ3n) is 3.53. The van der Waals surface area contributed by atoms with Gasteiger partial charge in [-0.25, -0.2) is 4.98 Å². The molecule has 0 amide bonds. The summed E-state index contributed by atoms with van der Waals surface area (Å²) in [6.45, 7) is 2.18. The molecular formula is C14H14IN3O. The molecule has 4 nitrogen and oxygen atoms in total. The summed E-state index contributed by atoms with van der Waals surface area (Å²) in [6.07, 6.45) is 3.62. The fourth-order valence-electron chi connectivity index (χ4n) is 2.55. The number of benzene rings is 1. The van der Waals surface area contributed by atoms with Crippen molar-refractivity contribution in [3.05, 3.63) is 50.1 Å². The normalized spacial score (nSPS) is 18.2. The molecule has 1 aliphatic heterocycles. The summed E-state index contributed by atoms with van der Waals surface area (Å²) in [7, 11) is 0. The molecule has 1 N–H and O–H groups in total. The summed E-state index contributed by atoms with van der Waals surface area (Å²) >= 11 is 2.07. The predicted molar refractivity (Wildman–Crippen MR) is 83.9 cm³/mol. The van der Waals surface area contributed by atoms with Crippen LogP contribution in [0.4, 0.5) is 11.5 Å². The van der Waals surface area contributed by atoms with Gasteiger partial charge in [0.1, 0.15) is 3.57 Å². The van der Waals surface area contributed by atoms with E-state index in [9.17, 15) is 4.79 Å². The van der Waals surface area contributed by atoms with E-state index in [-0.39, 0.29) is 5.56 Å². The first kappa shape index (κ1) is 12.7. The Labute approximate surface area is 125 Å². The number of aryl methyl sites for hydroxylation is 1. The van der Waals surface area contributed by atoms with Gasteiger partial charge in [0, 0.05) is 11.7 Å². The lowest BCUT2D eigenvalue weighted by Gasteiger charge is -2.36. The predicted octanol–water partition coefficient (Wildman–Crippen LogP) is 2.85. The Morgan fingerprint density at radius 2 is 2.21 bits per heavy atom. The monoisotopic (exact) mass is 367 g/mol. The molecule has 19 heavy (non-hydrogen) atoms. The summed E-state index contributed by atoms with van der Waals surface area (Å²) in [6, 6.07) is 8.68. The molecule has 1 aromatic carbocycles. The average Bonchev–Trinajstić information content (AvgIpc) is 2.43. The maximum Gasteiger partial charge on any atom is 0.266 e. The number of fused-ring (bicyclic) bond motifs is 1. The highest BCUT2D eigenvalue weighted by Gasteiger charge is 2.27. The van der Waals surface area contributed by atoms with Gasteiger partial charge < -0.3 is 9.88 Å². The van der Waals surface area contributed by atoms with Gasteiger partial charge in [0.25, 0.3) is 5.56 Å². The summed E-state index contributed by atoms with van der Waals surface area (Å²) < 4.78 is 0.642. The van der Waals surface area contributed by atoms with E-state index in [1.165, 1.54) is 11.9 Å². The highest BCUT2D eigenvalue weighted by molar-refractivity contribution is 14.1. The van der Waals surface area contributed by atoms with Crippen LogP contribution < -0.4 is 10.5 Å². The molecule has 0 aliphatic carbocycles. The molecule has 98 valence electrons. The van der Waals surface area contributed by atoms with Gasteiger partial charge in [-0.1, -0.05) is 18.2 Å². The zero-order valence-electron chi connectivity index (χ0n) is 10.6. The smallest absolute Gasteiger partial charge is 0.266 e. The first-order valence-electron chi connectivity index (χ1n) is 6.29. The first-order chi connectivity index (χ1) is 9.18. The lowest BCUT2D eigenvalue weighted by Crippen LogP contribution is -2.35. The lowest BCUT2D eigenvalue weighted by atomic mass is 9.97. The van der Waals surface area contributed by atoms with Gasteiger partial charge in [-0.3, -0.25) is 4.79 Å². The molecule has 1 unspecified atom stereocenters. The van der Waals surface area contributed by atoms with Crippen LogP contribution in [-0.2, 0) is 6.42 Å². The van der Waals surface area contributed by atoms with Crippen LogP contribution in [0.5, 0.6) is 0 Å². The van der Waals surface area contributed by atoms with E-state index < -0.39 is 0 Å². The molecule has 0 spiro atoms. The number of para-hydroxylation sites is 1. The summed E-state index contributed by atoms with van der Waals surface area (Å²) in [4.78, 5) is 20.9. The molecule has 0 saturated heterocycles. The zero-order chi connectivity index (χ0) is 13.4. The van der Waals surface area contributed by atoms with Gasteiger partial charge in [-0.2, -0.15) is 0 Å². The van der Waals surface area contributed by atoms with Crippen molar-refractivity contribution in [2.24, 2.45) is 0 Å². The second-order valence-electron chi connectivity index (χ2n) is 4.76. The number of hydrogen-bond donors (Lipinski definition) is 1. The highest BCUT2D eigenvalue weighted by atomic mass is 127. The Hall–Kier alpha value is -1.37. The van der Waals surface area contributed by atoms with Crippen LogP contribution in [0.15, 0.2) is 35.4 Å². The van der Waals surface area contributed by atoms with Crippen molar-refractivity contribution in [3.8, 4) is 0 Å². The number of rotatable bonds is 1. The second-order valence-corrected chi connectivity index (χ2v) is 5.83. The highest BCUT2D eigenvalue weighted by Crippen LogP contribution is 2.36. The number of nitrogens with one attached hydrogen (secondary N) is 1. The van der Waals surface area contributed by atoms with Crippen LogP contribution in [0, 0.1) is 3.57 Å². The number of hydrogen-bond acceptors (Lipinski definition) is 3. The number of aromatic nitrogens is 2. The third kappa shape index (κ3) is 2.16. The number of anilines is 2. The van der Waals surface area contributed by atoms with Crippen LogP contribution in [0.2, 0.25) is 0 Å². The van der Waals surface area contributed by atoms with Crippen molar-refractivity contribution in [3.63, 3.8) is 0 Å². The van der Waals surface area contributed by atoms with Crippen molar-refractivity contribution < 1.29 is 0 Å². The SMILES string of the molecule is CC1CCc2ccccc2N1c1nc[nH]c(=O)c1I. The molecule has 0 saturated carbocycles. The zero-order valence-corrected chi connectivity index (χ0v) is 12.7. The molecule has 1 atom stereocenters. The van der Waals surface area contributed by atoms with Crippen molar-refractivity contribution in [2.45, 2.75) is 25.8 Å². The minimum Gasteiger partial charge on any atom is -0.322 e. The molecule has 1 aliphatic rings. The Morgan fingerprint density at radius 3 is 3.05 bits per heavy atom. The molecule has 2 heterocycles. The van der Waals surface area contributed by atoms with Crippen molar-refractivity contribution in [1.82, 2.24) is 9.97 Å². The molecule has 0 fully saturated rings. The molecule has 0 bridgehead atoms. The second kappa shape index (κ2) is 4.96. The van der Waals surface area contributed by atoms with Gasteiger partial charge in [-0.15, -0.1) is 0 Å². The van der Waals surface area contributed by atoms with Gasteiger partial charge in [0.05, 0.1) is 6.33 Å². The van der Waals surface area contributed by atoms with Crippen LogP contribution in [0.25, 0.3) is 0 Å². The summed E-state index contributed by atoms with van der Waals surface area (Å²) in [5.74, 6) is 0.754. The average molecular weight is 367 g/mol. The molecule has 0 radical (unpaired) electrons. The number of halogens is 1. The molecule has 2 aromatic rings. The van der Waals surface area contributed by atoms with Gasteiger partial charge >= 0.3 is 0 Å². The Bertz CT molecular complexity index is 668. The molecule has 3 rings (SSSR count). The van der Waals surface area contributed by atoms with E-state index in [0.29, 0.717) is 9.61 Å². The Morgan fingerprint density at radius 1 is 1.42 bits per heavy atom. The van der Waals surface area contributed by atoms with E-state index >= 15 is 0 Å². The lowest BCUT2D eigenvalue weighted by molar-refractivity contribution is 0.611. The quantitative estimate of drug-likeness (QED) is 0.789. The summed E-state index contributed by atoms with van der Waals surface area (Å²) in [5.41, 5.74) is 2.40. The van der Waals surface area contributed by atoms with E-state index in [4.69, 9.17) is 0 Å². The van der Waals surface area contributed by atoms with E-state index in [1.807, 2.05) is 6.07 Å². The maximum absolute atomic E-state index is 11.8. The molecule has 1 aromatic heterocycles. The van der Waals surface area contributed by atoms with Crippen LogP contribution in [0.1, 0.15) is 18.9 Å². The minimum atomic E-state index is -0.0825. The van der Waals surface area contributed by atoms with Gasteiger partial charge in [0.15, 0.2) is 5.82 Å². The Balaban J connectivity index is 2.19. The largest absolute Gasteiger partial charge is 0.322 e. The fraction of sp³-hybridized carbons (Fsp3) is 0.286. The minimum absolute atomic E-state index is 0.0825. The fourth-order valence-corrected chi connectivity index (χ4v) is 3.11. The van der Waals surface area contributed by atoms with Crippen LogP contribution in [-0.4, -0.2) is 16.0 Å². The van der Waals surface area contributed by atoms with Gasteiger partial charge in [0.2, 0.25) is 0 Å². The summed E-state index contributed by atoms with van der Waals surface area (Å²) in [5, 5.41) is 0.